The van der Waals surface area contributed by atoms with E-state index in [4.69, 9.17) is 4.74 Å². The minimum atomic E-state index is -0.560. The summed E-state index contributed by atoms with van der Waals surface area (Å²) in [6, 6.07) is 26.8. The summed E-state index contributed by atoms with van der Waals surface area (Å²) in [7, 11) is 1.70. The summed E-state index contributed by atoms with van der Waals surface area (Å²) in [4.78, 5) is 4.94. The van der Waals surface area contributed by atoms with Crippen LogP contribution in [-0.4, -0.2) is 48.2 Å². The van der Waals surface area contributed by atoms with Gasteiger partial charge in [0.25, 0.3) is 0 Å². The number of aliphatic hydroxyl groups is 1. The van der Waals surface area contributed by atoms with E-state index < -0.39 is 6.10 Å². The molecule has 2 unspecified atom stereocenters. The molecule has 4 nitrogen and oxygen atoms in total. The van der Waals surface area contributed by atoms with Crippen LogP contribution in [0, 0.1) is 6.92 Å². The highest BCUT2D eigenvalue weighted by Crippen LogP contribution is 2.36. The molecule has 1 heterocycles. The number of hydrogen-bond acceptors (Lipinski definition) is 4. The van der Waals surface area contributed by atoms with E-state index >= 15 is 0 Å². The van der Waals surface area contributed by atoms with Crippen molar-refractivity contribution in [3.8, 4) is 5.75 Å². The van der Waals surface area contributed by atoms with E-state index in [1.54, 1.807) is 7.11 Å². The van der Waals surface area contributed by atoms with Crippen LogP contribution in [0.2, 0.25) is 0 Å². The molecule has 0 radical (unpaired) electrons. The second kappa shape index (κ2) is 10.1. The Labute approximate surface area is 185 Å². The van der Waals surface area contributed by atoms with Crippen LogP contribution >= 0.6 is 0 Å². The molecule has 1 N–H and O–H groups in total. The maximum Gasteiger partial charge on any atom is 0.118 e. The highest BCUT2D eigenvalue weighted by molar-refractivity contribution is 5.32. The third-order valence-electron chi connectivity index (χ3n) is 6.31. The molecule has 31 heavy (non-hydrogen) atoms. The standard InChI is InChI=1S/C27H32N2O2/c1-21-8-6-7-11-25(21)26(27(30)23-9-4-3-5-10-23)29-18-16-28(17-19-29)20-22-12-14-24(31-2)15-13-22/h3-15,26-27,30H,16-20H2,1-2H3. The molecule has 0 amide bonds. The van der Waals surface area contributed by atoms with E-state index in [1.807, 2.05) is 42.5 Å². The zero-order valence-electron chi connectivity index (χ0n) is 18.4. The molecule has 3 aromatic carbocycles. The molecule has 162 valence electrons. The summed E-state index contributed by atoms with van der Waals surface area (Å²) in [5.74, 6) is 0.893. The Balaban J connectivity index is 1.48. The Bertz CT molecular complexity index is 950. The number of methoxy groups -OCH3 is 1. The normalized spacial score (nSPS) is 17.3. The second-order valence-corrected chi connectivity index (χ2v) is 8.32. The second-order valence-electron chi connectivity index (χ2n) is 8.32. The van der Waals surface area contributed by atoms with Crippen LogP contribution in [0.3, 0.4) is 0 Å². The van der Waals surface area contributed by atoms with Gasteiger partial charge in [0.2, 0.25) is 0 Å². The minimum Gasteiger partial charge on any atom is -0.497 e. The Morgan fingerprint density at radius 2 is 1.48 bits per heavy atom. The Hall–Kier alpha value is -2.66. The van der Waals surface area contributed by atoms with E-state index in [0.717, 1.165) is 44.0 Å². The molecule has 0 spiro atoms. The van der Waals surface area contributed by atoms with Crippen LogP contribution in [0.1, 0.15) is 34.4 Å². The van der Waals surface area contributed by atoms with E-state index in [2.05, 4.69) is 53.1 Å². The molecule has 1 fully saturated rings. The van der Waals surface area contributed by atoms with Crippen molar-refractivity contribution in [2.45, 2.75) is 25.6 Å². The van der Waals surface area contributed by atoms with Gasteiger partial charge in [-0.05, 0) is 41.3 Å². The van der Waals surface area contributed by atoms with Crippen LogP contribution in [-0.2, 0) is 6.54 Å². The van der Waals surface area contributed by atoms with Crippen LogP contribution in [0.15, 0.2) is 78.9 Å². The van der Waals surface area contributed by atoms with E-state index in [9.17, 15) is 5.11 Å². The highest BCUT2D eigenvalue weighted by atomic mass is 16.5. The van der Waals surface area contributed by atoms with Gasteiger partial charge in [-0.15, -0.1) is 0 Å². The molecular formula is C27H32N2O2. The molecule has 0 saturated carbocycles. The van der Waals surface area contributed by atoms with E-state index in [0.29, 0.717) is 0 Å². The molecule has 4 heteroatoms. The van der Waals surface area contributed by atoms with Crippen molar-refractivity contribution in [2.75, 3.05) is 33.3 Å². The number of hydrogen-bond donors (Lipinski definition) is 1. The summed E-state index contributed by atoms with van der Waals surface area (Å²) >= 11 is 0. The number of aliphatic hydroxyl groups excluding tert-OH is 1. The van der Waals surface area contributed by atoms with E-state index in [-0.39, 0.29) is 6.04 Å². The fourth-order valence-corrected chi connectivity index (χ4v) is 4.51. The van der Waals surface area contributed by atoms with Gasteiger partial charge in [0.05, 0.1) is 19.3 Å². The first-order valence-corrected chi connectivity index (χ1v) is 11.0. The third-order valence-corrected chi connectivity index (χ3v) is 6.31. The average Bonchev–Trinajstić information content (AvgIpc) is 2.82. The van der Waals surface area contributed by atoms with Gasteiger partial charge in [0.1, 0.15) is 5.75 Å². The zero-order chi connectivity index (χ0) is 21.6. The summed E-state index contributed by atoms with van der Waals surface area (Å²) in [5, 5.41) is 11.4. The largest absolute Gasteiger partial charge is 0.497 e. The van der Waals surface area contributed by atoms with Crippen molar-refractivity contribution >= 4 is 0 Å². The van der Waals surface area contributed by atoms with Crippen molar-refractivity contribution in [1.29, 1.82) is 0 Å². The number of piperazine rings is 1. The first-order chi connectivity index (χ1) is 15.2. The van der Waals surface area contributed by atoms with Crippen LogP contribution in [0.25, 0.3) is 0 Å². The molecular weight excluding hydrogens is 384 g/mol. The first kappa shape index (κ1) is 21.6. The Kier molecular flexibility index (Phi) is 7.03. The Morgan fingerprint density at radius 1 is 0.839 bits per heavy atom. The van der Waals surface area contributed by atoms with Gasteiger partial charge in [-0.2, -0.15) is 0 Å². The fourth-order valence-electron chi connectivity index (χ4n) is 4.51. The molecule has 1 aliphatic heterocycles. The van der Waals surface area contributed by atoms with Gasteiger partial charge in [-0.3, -0.25) is 9.80 Å². The SMILES string of the molecule is COc1ccc(CN2CCN(C(c3ccccc3C)C(O)c3ccccc3)CC2)cc1. The summed E-state index contributed by atoms with van der Waals surface area (Å²) < 4.78 is 5.27. The lowest BCUT2D eigenvalue weighted by atomic mass is 9.91. The van der Waals surface area contributed by atoms with Crippen molar-refractivity contribution < 1.29 is 9.84 Å². The van der Waals surface area contributed by atoms with Crippen molar-refractivity contribution in [2.24, 2.45) is 0 Å². The quantitative estimate of drug-likeness (QED) is 0.611. The maximum absolute atomic E-state index is 11.4. The summed E-state index contributed by atoms with van der Waals surface area (Å²) in [6.07, 6.45) is -0.560. The smallest absolute Gasteiger partial charge is 0.118 e. The maximum atomic E-state index is 11.4. The van der Waals surface area contributed by atoms with Gasteiger partial charge >= 0.3 is 0 Å². The molecule has 2 atom stereocenters. The van der Waals surface area contributed by atoms with Crippen molar-refractivity contribution in [3.63, 3.8) is 0 Å². The molecule has 0 bridgehead atoms. The number of aryl methyl sites for hydroxylation is 1. The molecule has 0 aromatic heterocycles. The summed E-state index contributed by atoms with van der Waals surface area (Å²) in [6.45, 7) is 6.90. The number of ether oxygens (including phenoxy) is 1. The predicted octanol–water partition coefficient (Wildman–Crippen LogP) is 4.60. The molecule has 3 aromatic rings. The van der Waals surface area contributed by atoms with Gasteiger partial charge in [-0.25, -0.2) is 0 Å². The van der Waals surface area contributed by atoms with Crippen LogP contribution < -0.4 is 4.74 Å². The van der Waals surface area contributed by atoms with Gasteiger partial charge in [0.15, 0.2) is 0 Å². The topological polar surface area (TPSA) is 35.9 Å². The molecule has 1 aliphatic rings. The first-order valence-electron chi connectivity index (χ1n) is 11.0. The number of rotatable bonds is 7. The van der Waals surface area contributed by atoms with Crippen molar-refractivity contribution in [1.82, 2.24) is 9.80 Å². The molecule has 1 saturated heterocycles. The van der Waals surface area contributed by atoms with Gasteiger partial charge in [0, 0.05) is 32.7 Å². The van der Waals surface area contributed by atoms with Crippen LogP contribution in [0.5, 0.6) is 5.75 Å². The predicted molar refractivity (Wildman–Crippen MR) is 125 cm³/mol. The zero-order valence-corrected chi connectivity index (χ0v) is 18.4. The molecule has 4 rings (SSSR count). The lowest BCUT2D eigenvalue weighted by Crippen LogP contribution is -2.48. The Morgan fingerprint density at radius 3 is 2.13 bits per heavy atom. The number of nitrogens with zero attached hydrogens (tertiary/aromatic N) is 2. The minimum absolute atomic E-state index is 0.0493. The van der Waals surface area contributed by atoms with Crippen molar-refractivity contribution in [3.05, 3.63) is 101 Å². The van der Waals surface area contributed by atoms with Crippen LogP contribution in [0.4, 0.5) is 0 Å². The lowest BCUT2D eigenvalue weighted by Gasteiger charge is -2.42. The third kappa shape index (κ3) is 5.16. The van der Waals surface area contributed by atoms with Gasteiger partial charge in [-0.1, -0.05) is 66.7 Å². The number of benzene rings is 3. The average molecular weight is 417 g/mol. The monoisotopic (exact) mass is 416 g/mol. The molecule has 0 aliphatic carbocycles. The fraction of sp³-hybridized carbons (Fsp3) is 0.333. The highest BCUT2D eigenvalue weighted by Gasteiger charge is 2.32. The lowest BCUT2D eigenvalue weighted by molar-refractivity contribution is 0.0146. The van der Waals surface area contributed by atoms with E-state index in [1.165, 1.54) is 16.7 Å². The van der Waals surface area contributed by atoms with Gasteiger partial charge < -0.3 is 9.84 Å². The summed E-state index contributed by atoms with van der Waals surface area (Å²) in [5.41, 5.74) is 4.70.